The molecule has 0 bridgehead atoms. The SMILES string of the molecule is Cc1nnc(CN2C[C@@]3(C)CN(C(=O)CCC4(C)CC4)C[C@@]3(C)C2)o1. The van der Waals surface area contributed by atoms with E-state index < -0.39 is 0 Å². The van der Waals surface area contributed by atoms with Crippen LogP contribution in [0.1, 0.15) is 58.2 Å². The van der Waals surface area contributed by atoms with E-state index in [4.69, 9.17) is 4.42 Å². The van der Waals surface area contributed by atoms with Gasteiger partial charge in [-0.1, -0.05) is 20.8 Å². The summed E-state index contributed by atoms with van der Waals surface area (Å²) in [7, 11) is 0. The molecule has 0 radical (unpaired) electrons. The predicted molar refractivity (Wildman–Crippen MR) is 93.7 cm³/mol. The van der Waals surface area contributed by atoms with Crippen LogP contribution in [-0.4, -0.2) is 52.1 Å². The maximum absolute atomic E-state index is 12.7. The van der Waals surface area contributed by atoms with E-state index in [9.17, 15) is 4.79 Å². The minimum Gasteiger partial charge on any atom is -0.424 e. The maximum atomic E-state index is 12.7. The summed E-state index contributed by atoms with van der Waals surface area (Å²) in [6.45, 7) is 13.2. The van der Waals surface area contributed by atoms with Crippen LogP contribution in [0.5, 0.6) is 0 Å². The Morgan fingerprint density at radius 2 is 1.72 bits per heavy atom. The normalized spacial score (nSPS) is 33.7. The molecule has 3 fully saturated rings. The summed E-state index contributed by atoms with van der Waals surface area (Å²) in [5, 5.41) is 8.04. The second kappa shape index (κ2) is 5.53. The number of likely N-dealkylation sites (tertiary alicyclic amines) is 2. The van der Waals surface area contributed by atoms with Crippen molar-refractivity contribution in [2.45, 2.75) is 59.9 Å². The molecule has 2 aliphatic heterocycles. The quantitative estimate of drug-likeness (QED) is 0.820. The van der Waals surface area contributed by atoms with E-state index in [1.54, 1.807) is 0 Å². The van der Waals surface area contributed by atoms with Gasteiger partial charge in [0.15, 0.2) is 0 Å². The second-order valence-corrected chi connectivity index (χ2v) is 9.54. The number of amides is 1. The molecular formula is C19H30N4O2. The van der Waals surface area contributed by atoms with Gasteiger partial charge in [-0.25, -0.2) is 0 Å². The van der Waals surface area contributed by atoms with Crippen molar-refractivity contribution in [3.63, 3.8) is 0 Å². The first-order valence-electron chi connectivity index (χ1n) is 9.50. The lowest BCUT2D eigenvalue weighted by Crippen LogP contribution is -2.35. The zero-order valence-electron chi connectivity index (χ0n) is 16.0. The fraction of sp³-hybridized carbons (Fsp3) is 0.842. The lowest BCUT2D eigenvalue weighted by Gasteiger charge is -2.30. The molecule has 1 amide bonds. The number of nitrogens with zero attached hydrogens (tertiary/aromatic N) is 4. The van der Waals surface area contributed by atoms with Gasteiger partial charge in [-0.2, -0.15) is 0 Å². The number of hydrogen-bond acceptors (Lipinski definition) is 5. The Bertz CT molecular complexity index is 663. The van der Waals surface area contributed by atoms with Crippen LogP contribution in [-0.2, 0) is 11.3 Å². The van der Waals surface area contributed by atoms with Crippen LogP contribution in [0.4, 0.5) is 0 Å². The fourth-order valence-corrected chi connectivity index (χ4v) is 4.72. The van der Waals surface area contributed by atoms with Gasteiger partial charge >= 0.3 is 0 Å². The summed E-state index contributed by atoms with van der Waals surface area (Å²) in [6, 6.07) is 0. The van der Waals surface area contributed by atoms with Gasteiger partial charge in [-0.15, -0.1) is 10.2 Å². The summed E-state index contributed by atoms with van der Waals surface area (Å²) in [6.07, 6.45) is 4.35. The molecule has 0 spiro atoms. The molecule has 3 heterocycles. The van der Waals surface area contributed by atoms with Crippen molar-refractivity contribution in [1.29, 1.82) is 0 Å². The van der Waals surface area contributed by atoms with Gasteiger partial charge in [0.2, 0.25) is 17.7 Å². The van der Waals surface area contributed by atoms with E-state index in [0.29, 0.717) is 36.1 Å². The Morgan fingerprint density at radius 3 is 2.24 bits per heavy atom. The summed E-state index contributed by atoms with van der Waals surface area (Å²) in [4.78, 5) is 17.2. The summed E-state index contributed by atoms with van der Waals surface area (Å²) >= 11 is 0. The third-order valence-corrected chi connectivity index (χ3v) is 7.01. The standard InChI is InChI=1S/C19H30N4O2/c1-14-20-21-15(25-14)9-22-10-18(3)12-23(13-19(18,4)11-22)16(24)5-6-17(2)7-8-17/h5-13H2,1-4H3/t18-,19+. The van der Waals surface area contributed by atoms with Crippen LogP contribution in [0.15, 0.2) is 4.42 Å². The van der Waals surface area contributed by atoms with Gasteiger partial charge in [-0.3, -0.25) is 9.69 Å². The molecule has 2 atom stereocenters. The van der Waals surface area contributed by atoms with Crippen molar-refractivity contribution >= 4 is 5.91 Å². The molecule has 0 N–H and O–H groups in total. The van der Waals surface area contributed by atoms with Crippen molar-refractivity contribution in [3.05, 3.63) is 11.8 Å². The Balaban J connectivity index is 1.37. The van der Waals surface area contributed by atoms with Crippen molar-refractivity contribution in [1.82, 2.24) is 20.0 Å². The van der Waals surface area contributed by atoms with Crippen LogP contribution < -0.4 is 0 Å². The molecule has 138 valence electrons. The number of hydrogen-bond donors (Lipinski definition) is 0. The van der Waals surface area contributed by atoms with Crippen molar-refractivity contribution in [2.75, 3.05) is 26.2 Å². The second-order valence-electron chi connectivity index (χ2n) is 9.54. The van der Waals surface area contributed by atoms with Crippen LogP contribution in [0, 0.1) is 23.2 Å². The van der Waals surface area contributed by atoms with Crippen molar-refractivity contribution in [3.8, 4) is 0 Å². The van der Waals surface area contributed by atoms with Crippen LogP contribution in [0.2, 0.25) is 0 Å². The predicted octanol–water partition coefficient (Wildman–Crippen LogP) is 2.63. The number of carbonyl (C=O) groups excluding carboxylic acids is 1. The molecule has 0 aromatic carbocycles. The Morgan fingerprint density at radius 1 is 1.08 bits per heavy atom. The molecule has 6 nitrogen and oxygen atoms in total. The molecule has 4 rings (SSSR count). The topological polar surface area (TPSA) is 62.5 Å². The van der Waals surface area contributed by atoms with E-state index in [0.717, 1.165) is 32.6 Å². The molecule has 1 aromatic rings. The van der Waals surface area contributed by atoms with Crippen LogP contribution >= 0.6 is 0 Å². The van der Waals surface area contributed by atoms with E-state index in [2.05, 4.69) is 40.8 Å². The first-order valence-corrected chi connectivity index (χ1v) is 9.50. The lowest BCUT2D eigenvalue weighted by molar-refractivity contribution is -0.131. The number of aryl methyl sites for hydroxylation is 1. The Labute approximate surface area is 150 Å². The van der Waals surface area contributed by atoms with Crippen LogP contribution in [0.25, 0.3) is 0 Å². The zero-order valence-corrected chi connectivity index (χ0v) is 16.0. The monoisotopic (exact) mass is 346 g/mol. The highest BCUT2D eigenvalue weighted by molar-refractivity contribution is 5.77. The van der Waals surface area contributed by atoms with Gasteiger partial charge in [-0.05, 0) is 24.7 Å². The largest absolute Gasteiger partial charge is 0.424 e. The molecule has 0 unspecified atom stereocenters. The van der Waals surface area contributed by atoms with E-state index in [1.165, 1.54) is 12.8 Å². The summed E-state index contributed by atoms with van der Waals surface area (Å²) in [5.74, 6) is 1.66. The highest BCUT2D eigenvalue weighted by Gasteiger charge is 2.58. The van der Waals surface area contributed by atoms with Crippen molar-refractivity contribution in [2.24, 2.45) is 16.2 Å². The molecule has 3 aliphatic rings. The van der Waals surface area contributed by atoms with Gasteiger partial charge in [0, 0.05) is 50.4 Å². The molecule has 1 saturated carbocycles. The molecule has 25 heavy (non-hydrogen) atoms. The maximum Gasteiger partial charge on any atom is 0.230 e. The Kier molecular flexibility index (Phi) is 3.76. The highest BCUT2D eigenvalue weighted by Crippen LogP contribution is 2.52. The van der Waals surface area contributed by atoms with Crippen molar-refractivity contribution < 1.29 is 9.21 Å². The molecule has 2 saturated heterocycles. The highest BCUT2D eigenvalue weighted by atomic mass is 16.4. The third kappa shape index (κ3) is 3.09. The van der Waals surface area contributed by atoms with Gasteiger partial charge < -0.3 is 9.32 Å². The fourth-order valence-electron chi connectivity index (χ4n) is 4.72. The van der Waals surface area contributed by atoms with Crippen LogP contribution in [0.3, 0.4) is 0 Å². The van der Waals surface area contributed by atoms with Gasteiger partial charge in [0.1, 0.15) is 0 Å². The zero-order chi connectivity index (χ0) is 17.9. The molecular weight excluding hydrogens is 316 g/mol. The minimum atomic E-state index is 0.140. The van der Waals surface area contributed by atoms with Gasteiger partial charge in [0.05, 0.1) is 6.54 Å². The first-order chi connectivity index (χ1) is 11.7. The third-order valence-electron chi connectivity index (χ3n) is 7.01. The number of carbonyl (C=O) groups is 1. The van der Waals surface area contributed by atoms with Gasteiger partial charge in [0.25, 0.3) is 0 Å². The summed E-state index contributed by atoms with van der Waals surface area (Å²) in [5.41, 5.74) is 0.737. The van der Waals surface area contributed by atoms with E-state index in [1.807, 2.05) is 6.92 Å². The summed E-state index contributed by atoms with van der Waals surface area (Å²) < 4.78 is 5.53. The number of rotatable bonds is 5. The smallest absolute Gasteiger partial charge is 0.230 e. The number of fused-ring (bicyclic) bond motifs is 1. The average molecular weight is 346 g/mol. The molecule has 1 aliphatic carbocycles. The Hall–Kier alpha value is -1.43. The van der Waals surface area contributed by atoms with E-state index >= 15 is 0 Å². The molecule has 6 heteroatoms. The first kappa shape index (κ1) is 17.0. The van der Waals surface area contributed by atoms with E-state index in [-0.39, 0.29) is 10.8 Å². The average Bonchev–Trinajstić information content (AvgIpc) is 2.91. The lowest BCUT2D eigenvalue weighted by atomic mass is 9.71. The number of aromatic nitrogens is 2. The minimum absolute atomic E-state index is 0.140. The molecule has 1 aromatic heterocycles.